The van der Waals surface area contributed by atoms with E-state index in [1.54, 1.807) is 0 Å². The first-order valence-corrected chi connectivity index (χ1v) is 5.49. The van der Waals surface area contributed by atoms with Gasteiger partial charge >= 0.3 is 0 Å². The van der Waals surface area contributed by atoms with Gasteiger partial charge in [-0.05, 0) is 29.2 Å². The van der Waals surface area contributed by atoms with Crippen LogP contribution in [0.1, 0.15) is 19.4 Å². The molecule has 1 nitrogen and oxygen atoms in total. The number of benzene rings is 1. The molecule has 1 rings (SSSR count). The van der Waals surface area contributed by atoms with Crippen LogP contribution in [0.4, 0.5) is 0 Å². The van der Waals surface area contributed by atoms with Crippen LogP contribution in [0.2, 0.25) is 0 Å². The summed E-state index contributed by atoms with van der Waals surface area (Å²) in [5.41, 5.74) is 2.19. The Bertz CT molecular complexity index is 312. The van der Waals surface area contributed by atoms with E-state index in [-0.39, 0.29) is 6.61 Å². The summed E-state index contributed by atoms with van der Waals surface area (Å²) >= 11 is 3.39. The second-order valence-electron chi connectivity index (χ2n) is 3.58. The van der Waals surface area contributed by atoms with Crippen LogP contribution in [0.15, 0.2) is 34.3 Å². The van der Waals surface area contributed by atoms with E-state index in [1.165, 1.54) is 0 Å². The SMILES string of the molecule is CC(C)C(=Cc1ccc(Br)cc1)CO. The maximum atomic E-state index is 9.13. The van der Waals surface area contributed by atoms with Crippen molar-refractivity contribution in [2.45, 2.75) is 13.8 Å². The molecule has 0 aliphatic heterocycles. The van der Waals surface area contributed by atoms with Gasteiger partial charge in [-0.15, -0.1) is 0 Å². The molecule has 0 spiro atoms. The van der Waals surface area contributed by atoms with Gasteiger partial charge in [-0.2, -0.15) is 0 Å². The lowest BCUT2D eigenvalue weighted by atomic mass is 10.0. The van der Waals surface area contributed by atoms with Gasteiger partial charge in [0.15, 0.2) is 0 Å². The first-order chi connectivity index (χ1) is 6.63. The van der Waals surface area contributed by atoms with E-state index in [2.05, 4.69) is 29.8 Å². The Morgan fingerprint density at radius 2 is 1.93 bits per heavy atom. The summed E-state index contributed by atoms with van der Waals surface area (Å²) in [6, 6.07) is 8.06. The number of halogens is 1. The zero-order valence-electron chi connectivity index (χ0n) is 8.50. The van der Waals surface area contributed by atoms with Gasteiger partial charge in [-0.3, -0.25) is 0 Å². The molecule has 0 radical (unpaired) electrons. The second-order valence-corrected chi connectivity index (χ2v) is 4.50. The first-order valence-electron chi connectivity index (χ1n) is 4.70. The Kier molecular flexibility index (Phi) is 4.36. The Hall–Kier alpha value is -0.600. The van der Waals surface area contributed by atoms with Crippen molar-refractivity contribution in [2.24, 2.45) is 5.92 Å². The van der Waals surface area contributed by atoms with Crippen molar-refractivity contribution in [3.8, 4) is 0 Å². The van der Waals surface area contributed by atoms with E-state index < -0.39 is 0 Å². The molecule has 0 fully saturated rings. The zero-order chi connectivity index (χ0) is 10.6. The summed E-state index contributed by atoms with van der Waals surface area (Å²) in [4.78, 5) is 0. The van der Waals surface area contributed by atoms with Gasteiger partial charge in [0.1, 0.15) is 0 Å². The van der Waals surface area contributed by atoms with E-state index in [0.29, 0.717) is 5.92 Å². The van der Waals surface area contributed by atoms with Gasteiger partial charge in [0.05, 0.1) is 6.61 Å². The third-order valence-electron chi connectivity index (χ3n) is 2.15. The van der Waals surface area contributed by atoms with Crippen LogP contribution >= 0.6 is 15.9 Å². The van der Waals surface area contributed by atoms with Gasteiger partial charge in [-0.1, -0.05) is 48.0 Å². The first kappa shape index (κ1) is 11.5. The molecule has 0 bridgehead atoms. The molecule has 0 aromatic heterocycles. The lowest BCUT2D eigenvalue weighted by Crippen LogP contribution is -1.98. The van der Waals surface area contributed by atoms with Crippen LogP contribution in [0, 0.1) is 5.92 Å². The third-order valence-corrected chi connectivity index (χ3v) is 2.67. The summed E-state index contributed by atoms with van der Waals surface area (Å²) < 4.78 is 1.07. The quantitative estimate of drug-likeness (QED) is 0.876. The minimum absolute atomic E-state index is 0.133. The molecule has 14 heavy (non-hydrogen) atoms. The summed E-state index contributed by atoms with van der Waals surface area (Å²) in [6.07, 6.45) is 2.04. The highest BCUT2D eigenvalue weighted by atomic mass is 79.9. The highest BCUT2D eigenvalue weighted by Gasteiger charge is 2.01. The predicted octanol–water partition coefficient (Wildman–Crippen LogP) is 3.48. The van der Waals surface area contributed by atoms with E-state index in [0.717, 1.165) is 15.6 Å². The normalized spacial score (nSPS) is 12.2. The van der Waals surface area contributed by atoms with E-state index in [1.807, 2.05) is 30.3 Å². The molecular weight excluding hydrogens is 240 g/mol. The van der Waals surface area contributed by atoms with Crippen molar-refractivity contribution in [1.82, 2.24) is 0 Å². The molecule has 0 saturated carbocycles. The topological polar surface area (TPSA) is 20.2 Å². The van der Waals surface area contributed by atoms with Gasteiger partial charge in [-0.25, -0.2) is 0 Å². The fraction of sp³-hybridized carbons (Fsp3) is 0.333. The smallest absolute Gasteiger partial charge is 0.0647 e. The van der Waals surface area contributed by atoms with Crippen LogP contribution in [0.3, 0.4) is 0 Å². The highest BCUT2D eigenvalue weighted by molar-refractivity contribution is 9.10. The zero-order valence-corrected chi connectivity index (χ0v) is 10.1. The van der Waals surface area contributed by atoms with Crippen molar-refractivity contribution in [3.05, 3.63) is 39.9 Å². The molecule has 0 saturated heterocycles. The maximum Gasteiger partial charge on any atom is 0.0647 e. The van der Waals surface area contributed by atoms with Crippen molar-refractivity contribution >= 4 is 22.0 Å². The molecule has 1 aromatic carbocycles. The Morgan fingerprint density at radius 1 is 1.36 bits per heavy atom. The van der Waals surface area contributed by atoms with Crippen molar-refractivity contribution < 1.29 is 5.11 Å². The van der Waals surface area contributed by atoms with E-state index in [4.69, 9.17) is 5.11 Å². The predicted molar refractivity (Wildman–Crippen MR) is 64.0 cm³/mol. The summed E-state index contributed by atoms with van der Waals surface area (Å²) in [5, 5.41) is 9.13. The molecule has 2 heteroatoms. The van der Waals surface area contributed by atoms with Crippen LogP contribution in [-0.4, -0.2) is 11.7 Å². The Morgan fingerprint density at radius 3 is 2.36 bits per heavy atom. The molecule has 0 heterocycles. The minimum atomic E-state index is 0.133. The largest absolute Gasteiger partial charge is 0.392 e. The van der Waals surface area contributed by atoms with Crippen LogP contribution in [0.25, 0.3) is 6.08 Å². The molecule has 0 atom stereocenters. The van der Waals surface area contributed by atoms with Gasteiger partial charge in [0.25, 0.3) is 0 Å². The lowest BCUT2D eigenvalue weighted by molar-refractivity contribution is 0.320. The number of aliphatic hydroxyl groups is 1. The summed E-state index contributed by atoms with van der Waals surface area (Å²) in [7, 11) is 0. The van der Waals surface area contributed by atoms with Crippen molar-refractivity contribution in [2.75, 3.05) is 6.61 Å². The third kappa shape index (κ3) is 3.28. The maximum absolute atomic E-state index is 9.13. The number of hydrogen-bond donors (Lipinski definition) is 1. The number of hydrogen-bond acceptors (Lipinski definition) is 1. The number of rotatable bonds is 3. The monoisotopic (exact) mass is 254 g/mol. The molecule has 1 N–H and O–H groups in total. The fourth-order valence-corrected chi connectivity index (χ4v) is 1.43. The van der Waals surface area contributed by atoms with Crippen LogP contribution in [-0.2, 0) is 0 Å². The van der Waals surface area contributed by atoms with Crippen LogP contribution in [0.5, 0.6) is 0 Å². The van der Waals surface area contributed by atoms with Gasteiger partial charge in [0.2, 0.25) is 0 Å². The van der Waals surface area contributed by atoms with E-state index in [9.17, 15) is 0 Å². The van der Waals surface area contributed by atoms with Gasteiger partial charge < -0.3 is 5.11 Å². The second kappa shape index (κ2) is 5.32. The Balaban J connectivity index is 2.89. The average Bonchev–Trinajstić information content (AvgIpc) is 2.16. The molecule has 1 aromatic rings. The number of aliphatic hydroxyl groups excluding tert-OH is 1. The van der Waals surface area contributed by atoms with Crippen LogP contribution < -0.4 is 0 Å². The van der Waals surface area contributed by atoms with Crippen molar-refractivity contribution in [1.29, 1.82) is 0 Å². The molecule has 76 valence electrons. The molecule has 0 unspecified atom stereocenters. The summed E-state index contributed by atoms with van der Waals surface area (Å²) in [6.45, 7) is 4.30. The standard InChI is InChI=1S/C12H15BrO/c1-9(2)11(8-14)7-10-3-5-12(13)6-4-10/h3-7,9,14H,8H2,1-2H3. The van der Waals surface area contributed by atoms with Gasteiger partial charge in [0, 0.05) is 4.47 Å². The highest BCUT2D eigenvalue weighted by Crippen LogP contribution is 2.16. The molecule has 0 aliphatic rings. The average molecular weight is 255 g/mol. The molecular formula is C12H15BrO. The molecule has 0 aliphatic carbocycles. The lowest BCUT2D eigenvalue weighted by Gasteiger charge is -2.07. The Labute approximate surface area is 93.6 Å². The fourth-order valence-electron chi connectivity index (χ4n) is 1.17. The van der Waals surface area contributed by atoms with Crippen molar-refractivity contribution in [3.63, 3.8) is 0 Å². The van der Waals surface area contributed by atoms with E-state index >= 15 is 0 Å². The minimum Gasteiger partial charge on any atom is -0.392 e. The summed E-state index contributed by atoms with van der Waals surface area (Å²) in [5.74, 6) is 0.392. The molecule has 0 amide bonds.